The third-order valence-electron chi connectivity index (χ3n) is 6.76. The second-order valence-electron chi connectivity index (χ2n) is 8.67. The highest BCUT2D eigenvalue weighted by Gasteiger charge is 2.71. The van der Waals surface area contributed by atoms with Crippen molar-refractivity contribution in [3.8, 4) is 0 Å². The molecule has 1 nitrogen and oxygen atoms in total. The lowest BCUT2D eigenvalue weighted by Crippen LogP contribution is -2.40. The summed E-state index contributed by atoms with van der Waals surface area (Å²) in [6, 6.07) is 0. The van der Waals surface area contributed by atoms with Crippen molar-refractivity contribution in [2.75, 3.05) is 0 Å². The van der Waals surface area contributed by atoms with Crippen LogP contribution in [0.4, 0.5) is 0 Å². The fourth-order valence-electron chi connectivity index (χ4n) is 5.46. The second kappa shape index (κ2) is 3.30. The molecule has 1 heteroatoms. The molecule has 0 bridgehead atoms. The summed E-state index contributed by atoms with van der Waals surface area (Å²) in [5.41, 5.74) is 0.747. The van der Waals surface area contributed by atoms with Crippen LogP contribution < -0.4 is 0 Å². The molecule has 3 unspecified atom stereocenters. The molecule has 0 aromatic heterocycles. The molecule has 1 spiro atoms. The molecule has 0 radical (unpaired) electrons. The van der Waals surface area contributed by atoms with Gasteiger partial charge in [0.05, 0.1) is 0 Å². The van der Waals surface area contributed by atoms with Gasteiger partial charge in [-0.05, 0) is 42.6 Å². The SMILES string of the molecule is CC1C(C)(C)C2C=CC=C3OC(C)(C)CC32C1(C)C. The lowest BCUT2D eigenvalue weighted by atomic mass is 9.57. The van der Waals surface area contributed by atoms with E-state index in [0.29, 0.717) is 17.3 Å². The fourth-order valence-corrected chi connectivity index (χ4v) is 5.46. The highest BCUT2D eigenvalue weighted by atomic mass is 16.5. The molecule has 3 rings (SSSR count). The van der Waals surface area contributed by atoms with Crippen molar-refractivity contribution in [2.45, 2.75) is 60.5 Å². The lowest BCUT2D eigenvalue weighted by molar-refractivity contribution is 0.0738. The van der Waals surface area contributed by atoms with Crippen LogP contribution >= 0.6 is 0 Å². The average Bonchev–Trinajstić information content (AvgIpc) is 2.62. The van der Waals surface area contributed by atoms with Gasteiger partial charge in [-0.2, -0.15) is 0 Å². The summed E-state index contributed by atoms with van der Waals surface area (Å²) in [7, 11) is 0. The maximum absolute atomic E-state index is 6.34. The van der Waals surface area contributed by atoms with E-state index in [1.54, 1.807) is 0 Å². The summed E-state index contributed by atoms with van der Waals surface area (Å²) in [6.45, 7) is 16.7. The summed E-state index contributed by atoms with van der Waals surface area (Å²) in [6.07, 6.45) is 8.03. The van der Waals surface area contributed by atoms with E-state index in [-0.39, 0.29) is 16.4 Å². The van der Waals surface area contributed by atoms with E-state index in [4.69, 9.17) is 4.74 Å². The van der Waals surface area contributed by atoms with Crippen molar-refractivity contribution in [3.63, 3.8) is 0 Å². The molecule has 1 aliphatic heterocycles. The average molecular weight is 260 g/mol. The van der Waals surface area contributed by atoms with E-state index in [1.807, 2.05) is 0 Å². The summed E-state index contributed by atoms with van der Waals surface area (Å²) >= 11 is 0. The third-order valence-corrected chi connectivity index (χ3v) is 6.76. The molecule has 0 N–H and O–H groups in total. The molecule has 2 aliphatic carbocycles. The predicted octanol–water partition coefficient (Wildman–Crippen LogP) is 4.94. The Morgan fingerprint density at radius 1 is 1.11 bits per heavy atom. The van der Waals surface area contributed by atoms with Gasteiger partial charge in [0.15, 0.2) is 0 Å². The highest BCUT2D eigenvalue weighted by molar-refractivity contribution is 5.37. The molecule has 1 heterocycles. The zero-order valence-electron chi connectivity index (χ0n) is 13.5. The van der Waals surface area contributed by atoms with Crippen LogP contribution in [0.25, 0.3) is 0 Å². The van der Waals surface area contributed by atoms with Gasteiger partial charge in [0.25, 0.3) is 0 Å². The van der Waals surface area contributed by atoms with Crippen molar-refractivity contribution in [1.29, 1.82) is 0 Å². The van der Waals surface area contributed by atoms with Crippen LogP contribution in [0.5, 0.6) is 0 Å². The van der Waals surface area contributed by atoms with E-state index in [0.717, 1.165) is 6.42 Å². The van der Waals surface area contributed by atoms with Crippen molar-refractivity contribution in [2.24, 2.45) is 28.1 Å². The lowest BCUT2D eigenvalue weighted by Gasteiger charge is -2.43. The first-order valence-corrected chi connectivity index (χ1v) is 7.64. The monoisotopic (exact) mass is 260 g/mol. The van der Waals surface area contributed by atoms with Crippen LogP contribution in [0.3, 0.4) is 0 Å². The van der Waals surface area contributed by atoms with Crippen LogP contribution in [0.15, 0.2) is 24.0 Å². The minimum Gasteiger partial charge on any atom is -0.492 e. The zero-order chi connectivity index (χ0) is 14.3. The molecule has 106 valence electrons. The van der Waals surface area contributed by atoms with Crippen LogP contribution in [0.1, 0.15) is 54.9 Å². The first-order valence-electron chi connectivity index (χ1n) is 7.64. The maximum Gasteiger partial charge on any atom is 0.104 e. The maximum atomic E-state index is 6.34. The third kappa shape index (κ3) is 1.32. The molecule has 0 aromatic carbocycles. The van der Waals surface area contributed by atoms with Crippen molar-refractivity contribution in [1.82, 2.24) is 0 Å². The number of ether oxygens (including phenoxy) is 1. The van der Waals surface area contributed by atoms with Crippen molar-refractivity contribution >= 4 is 0 Å². The van der Waals surface area contributed by atoms with Gasteiger partial charge in [0.2, 0.25) is 0 Å². The standard InChI is InChI=1S/C18H28O/c1-12-16(4,5)13-9-8-10-14-18(13,17(12,6)7)11-15(2,3)19-14/h8-10,12-13H,11H2,1-7H3. The topological polar surface area (TPSA) is 9.23 Å². The molecule has 19 heavy (non-hydrogen) atoms. The summed E-state index contributed by atoms with van der Waals surface area (Å²) < 4.78 is 6.34. The molecular weight excluding hydrogens is 232 g/mol. The molecule has 0 aromatic rings. The Morgan fingerprint density at radius 2 is 1.74 bits per heavy atom. The van der Waals surface area contributed by atoms with Crippen molar-refractivity contribution in [3.05, 3.63) is 24.0 Å². The molecule has 2 fully saturated rings. The van der Waals surface area contributed by atoms with Gasteiger partial charge in [0, 0.05) is 11.8 Å². The Kier molecular flexibility index (Phi) is 2.30. The minimum atomic E-state index is -0.0342. The van der Waals surface area contributed by atoms with Gasteiger partial charge >= 0.3 is 0 Å². The Balaban J connectivity index is 2.24. The van der Waals surface area contributed by atoms with Gasteiger partial charge in [-0.15, -0.1) is 0 Å². The highest BCUT2D eigenvalue weighted by Crippen LogP contribution is 2.75. The summed E-state index contributed by atoms with van der Waals surface area (Å²) in [5.74, 6) is 2.51. The Labute approximate surface area is 118 Å². The normalized spacial score (nSPS) is 44.3. The van der Waals surface area contributed by atoms with E-state index in [2.05, 4.69) is 66.7 Å². The van der Waals surface area contributed by atoms with Crippen LogP contribution in [0, 0.1) is 28.1 Å². The number of hydrogen-bond acceptors (Lipinski definition) is 1. The largest absolute Gasteiger partial charge is 0.492 e. The van der Waals surface area contributed by atoms with Crippen LogP contribution in [-0.4, -0.2) is 5.60 Å². The minimum absolute atomic E-state index is 0.0342. The first-order chi connectivity index (χ1) is 8.56. The zero-order valence-corrected chi connectivity index (χ0v) is 13.5. The Morgan fingerprint density at radius 3 is 2.37 bits per heavy atom. The quantitative estimate of drug-likeness (QED) is 0.599. The summed E-state index contributed by atoms with van der Waals surface area (Å²) in [5, 5.41) is 0. The van der Waals surface area contributed by atoms with E-state index >= 15 is 0 Å². The Bertz CT molecular complexity index is 478. The first kappa shape index (κ1) is 13.3. The second-order valence-corrected chi connectivity index (χ2v) is 8.67. The van der Waals surface area contributed by atoms with E-state index < -0.39 is 0 Å². The molecule has 1 saturated heterocycles. The molecule has 3 atom stereocenters. The molecule has 1 saturated carbocycles. The van der Waals surface area contributed by atoms with E-state index in [9.17, 15) is 0 Å². The summed E-state index contributed by atoms with van der Waals surface area (Å²) in [4.78, 5) is 0. The van der Waals surface area contributed by atoms with Crippen LogP contribution in [0.2, 0.25) is 0 Å². The number of hydrogen-bond donors (Lipinski definition) is 0. The van der Waals surface area contributed by atoms with Crippen LogP contribution in [-0.2, 0) is 4.74 Å². The Hall–Kier alpha value is -0.720. The van der Waals surface area contributed by atoms with E-state index in [1.165, 1.54) is 5.76 Å². The molecule has 3 aliphatic rings. The molecular formula is C18H28O. The van der Waals surface area contributed by atoms with Crippen molar-refractivity contribution < 1.29 is 4.74 Å². The van der Waals surface area contributed by atoms with Gasteiger partial charge in [0.1, 0.15) is 11.4 Å². The number of allylic oxidation sites excluding steroid dienone is 4. The van der Waals surface area contributed by atoms with Gasteiger partial charge in [-0.25, -0.2) is 0 Å². The predicted molar refractivity (Wildman–Crippen MR) is 79.7 cm³/mol. The smallest absolute Gasteiger partial charge is 0.104 e. The van der Waals surface area contributed by atoms with Gasteiger partial charge in [-0.1, -0.05) is 46.8 Å². The van der Waals surface area contributed by atoms with Gasteiger partial charge < -0.3 is 4.74 Å². The van der Waals surface area contributed by atoms with Gasteiger partial charge in [-0.3, -0.25) is 0 Å². The fraction of sp³-hybridized carbons (Fsp3) is 0.778. The molecule has 0 amide bonds. The number of rotatable bonds is 0.